The molecular weight excluding hydrogens is 246 g/mol. The number of hydrogen-bond donors (Lipinski definition) is 1. The van der Waals surface area contributed by atoms with E-state index in [0.29, 0.717) is 0 Å². The molecule has 2 aliphatic rings. The first-order valence-electron chi connectivity index (χ1n) is 8.85. The van der Waals surface area contributed by atoms with Gasteiger partial charge in [-0.1, -0.05) is 19.3 Å². The summed E-state index contributed by atoms with van der Waals surface area (Å²) in [5.74, 6) is 0.919. The topological polar surface area (TPSA) is 18.5 Å². The van der Waals surface area contributed by atoms with Crippen molar-refractivity contribution in [1.29, 1.82) is 0 Å². The van der Waals surface area contributed by atoms with Crippen molar-refractivity contribution >= 4 is 0 Å². The van der Waals surface area contributed by atoms with Gasteiger partial charge in [-0.2, -0.15) is 0 Å². The van der Waals surface area contributed by atoms with Crippen molar-refractivity contribution in [3.8, 4) is 0 Å². The summed E-state index contributed by atoms with van der Waals surface area (Å²) in [6.45, 7) is 6.28. The Labute approximate surface area is 126 Å². The van der Waals surface area contributed by atoms with Crippen molar-refractivity contribution in [2.45, 2.75) is 57.4 Å². The summed E-state index contributed by atoms with van der Waals surface area (Å²) in [6, 6.07) is 0.873. The number of hydrogen-bond acceptors (Lipinski definition) is 3. The maximum absolute atomic E-state index is 3.68. The number of rotatable bonds is 7. The predicted octanol–water partition coefficient (Wildman–Crippen LogP) is 2.57. The molecule has 0 spiro atoms. The Morgan fingerprint density at radius 3 is 2.45 bits per heavy atom. The highest BCUT2D eigenvalue weighted by atomic mass is 15.1. The van der Waals surface area contributed by atoms with Gasteiger partial charge in [-0.15, -0.1) is 0 Å². The highest BCUT2D eigenvalue weighted by molar-refractivity contribution is 4.74. The normalized spacial score (nSPS) is 23.6. The van der Waals surface area contributed by atoms with Gasteiger partial charge < -0.3 is 15.1 Å². The highest BCUT2D eigenvalue weighted by Gasteiger charge is 2.18. The van der Waals surface area contributed by atoms with Gasteiger partial charge in [0.15, 0.2) is 0 Å². The van der Waals surface area contributed by atoms with Gasteiger partial charge in [0.05, 0.1) is 0 Å². The summed E-state index contributed by atoms with van der Waals surface area (Å²) >= 11 is 0. The third-order valence-electron chi connectivity index (χ3n) is 5.33. The molecule has 3 heteroatoms. The van der Waals surface area contributed by atoms with Crippen LogP contribution in [-0.2, 0) is 0 Å². The molecule has 2 rings (SSSR count). The molecule has 1 saturated heterocycles. The van der Waals surface area contributed by atoms with E-state index in [0.717, 1.165) is 12.0 Å². The van der Waals surface area contributed by atoms with Crippen LogP contribution >= 0.6 is 0 Å². The van der Waals surface area contributed by atoms with Gasteiger partial charge in [0.25, 0.3) is 0 Å². The van der Waals surface area contributed by atoms with Crippen LogP contribution in [0.25, 0.3) is 0 Å². The fourth-order valence-electron chi connectivity index (χ4n) is 3.73. The summed E-state index contributed by atoms with van der Waals surface area (Å²) in [5, 5.41) is 3.68. The number of nitrogens with one attached hydrogen (secondary N) is 1. The Morgan fingerprint density at radius 2 is 1.75 bits per heavy atom. The molecule has 1 saturated carbocycles. The van der Waals surface area contributed by atoms with Crippen LogP contribution in [0.4, 0.5) is 0 Å². The molecule has 0 atom stereocenters. The average Bonchev–Trinajstić information content (AvgIpc) is 2.49. The van der Waals surface area contributed by atoms with Gasteiger partial charge in [-0.05, 0) is 84.8 Å². The van der Waals surface area contributed by atoms with E-state index in [4.69, 9.17) is 0 Å². The third kappa shape index (κ3) is 5.71. The lowest BCUT2D eigenvalue weighted by atomic mass is 9.94. The minimum Gasteiger partial charge on any atom is -0.316 e. The summed E-state index contributed by atoms with van der Waals surface area (Å²) in [6.07, 6.45) is 11.3. The molecule has 3 nitrogen and oxygen atoms in total. The first-order chi connectivity index (χ1) is 9.75. The molecule has 118 valence electrons. The van der Waals surface area contributed by atoms with Gasteiger partial charge in [0.1, 0.15) is 0 Å². The van der Waals surface area contributed by atoms with Crippen molar-refractivity contribution in [2.75, 3.05) is 46.8 Å². The van der Waals surface area contributed by atoms with Gasteiger partial charge >= 0.3 is 0 Å². The van der Waals surface area contributed by atoms with E-state index >= 15 is 0 Å². The van der Waals surface area contributed by atoms with Gasteiger partial charge in [-0.3, -0.25) is 0 Å². The number of piperidine rings is 1. The maximum atomic E-state index is 3.68. The fraction of sp³-hybridized carbons (Fsp3) is 1.00. The van der Waals surface area contributed by atoms with Crippen molar-refractivity contribution in [3.63, 3.8) is 0 Å². The molecule has 0 amide bonds. The molecule has 0 aromatic heterocycles. The Balaban J connectivity index is 1.46. The molecule has 0 unspecified atom stereocenters. The van der Waals surface area contributed by atoms with E-state index in [1.54, 1.807) is 0 Å². The highest BCUT2D eigenvalue weighted by Crippen LogP contribution is 2.21. The van der Waals surface area contributed by atoms with Crippen LogP contribution < -0.4 is 5.32 Å². The molecular formula is C17H35N3. The molecule has 20 heavy (non-hydrogen) atoms. The minimum absolute atomic E-state index is 0.873. The van der Waals surface area contributed by atoms with E-state index in [1.165, 1.54) is 84.1 Å². The predicted molar refractivity (Wildman–Crippen MR) is 87.2 cm³/mol. The van der Waals surface area contributed by atoms with Crippen molar-refractivity contribution in [1.82, 2.24) is 15.1 Å². The molecule has 2 fully saturated rings. The monoisotopic (exact) mass is 281 g/mol. The van der Waals surface area contributed by atoms with Crippen LogP contribution in [-0.4, -0.2) is 62.7 Å². The van der Waals surface area contributed by atoms with Crippen LogP contribution in [0.5, 0.6) is 0 Å². The largest absolute Gasteiger partial charge is 0.316 e. The van der Waals surface area contributed by atoms with E-state index in [1.807, 2.05) is 0 Å². The lowest BCUT2D eigenvalue weighted by Crippen LogP contribution is -2.37. The molecule has 0 radical (unpaired) electrons. The second-order valence-corrected chi connectivity index (χ2v) is 7.08. The summed E-state index contributed by atoms with van der Waals surface area (Å²) in [4.78, 5) is 5.06. The van der Waals surface area contributed by atoms with E-state index in [-0.39, 0.29) is 0 Å². The second-order valence-electron chi connectivity index (χ2n) is 7.08. The Morgan fingerprint density at radius 1 is 1.05 bits per heavy atom. The Kier molecular flexibility index (Phi) is 7.32. The molecule has 0 aromatic carbocycles. The van der Waals surface area contributed by atoms with Crippen LogP contribution in [0.3, 0.4) is 0 Å². The molecule has 1 aliphatic carbocycles. The van der Waals surface area contributed by atoms with E-state index < -0.39 is 0 Å². The number of nitrogens with zero attached hydrogens (tertiary/aromatic N) is 2. The molecule has 0 bridgehead atoms. The van der Waals surface area contributed by atoms with Gasteiger partial charge in [0, 0.05) is 6.04 Å². The zero-order chi connectivity index (χ0) is 14.2. The summed E-state index contributed by atoms with van der Waals surface area (Å²) in [5.41, 5.74) is 0. The van der Waals surface area contributed by atoms with E-state index in [9.17, 15) is 0 Å². The third-order valence-corrected chi connectivity index (χ3v) is 5.33. The fourth-order valence-corrected chi connectivity index (χ4v) is 3.73. The second kappa shape index (κ2) is 9.01. The van der Waals surface area contributed by atoms with Crippen LogP contribution in [0.1, 0.15) is 51.4 Å². The van der Waals surface area contributed by atoms with Gasteiger partial charge in [-0.25, -0.2) is 0 Å². The quantitative estimate of drug-likeness (QED) is 0.724. The van der Waals surface area contributed by atoms with Crippen LogP contribution in [0.2, 0.25) is 0 Å². The summed E-state index contributed by atoms with van der Waals surface area (Å²) < 4.78 is 0. The van der Waals surface area contributed by atoms with Crippen LogP contribution in [0, 0.1) is 5.92 Å². The molecule has 0 aromatic rings. The Bertz CT molecular complexity index is 243. The first kappa shape index (κ1) is 16.3. The SMILES string of the molecule is CN1CCC(CNCCCN(C)C2CCCCC2)CC1. The molecule has 1 N–H and O–H groups in total. The minimum atomic E-state index is 0.873. The first-order valence-corrected chi connectivity index (χ1v) is 8.85. The zero-order valence-corrected chi connectivity index (χ0v) is 13.7. The Hall–Kier alpha value is -0.120. The van der Waals surface area contributed by atoms with Crippen molar-refractivity contribution in [3.05, 3.63) is 0 Å². The van der Waals surface area contributed by atoms with E-state index in [2.05, 4.69) is 29.2 Å². The smallest absolute Gasteiger partial charge is 0.00922 e. The molecule has 1 heterocycles. The summed E-state index contributed by atoms with van der Waals surface area (Å²) in [7, 11) is 4.57. The lowest BCUT2D eigenvalue weighted by molar-refractivity contribution is 0.187. The standard InChI is InChI=1S/C17H35N3/c1-19-13-9-16(10-14-19)15-18-11-6-12-20(2)17-7-4-3-5-8-17/h16-18H,3-15H2,1-2H3. The molecule has 1 aliphatic heterocycles. The van der Waals surface area contributed by atoms with Crippen molar-refractivity contribution < 1.29 is 0 Å². The zero-order valence-electron chi connectivity index (χ0n) is 13.7. The number of likely N-dealkylation sites (tertiary alicyclic amines) is 1. The van der Waals surface area contributed by atoms with Gasteiger partial charge in [0.2, 0.25) is 0 Å². The lowest BCUT2D eigenvalue weighted by Gasteiger charge is -2.31. The average molecular weight is 281 g/mol. The maximum Gasteiger partial charge on any atom is 0.00922 e. The van der Waals surface area contributed by atoms with Crippen LogP contribution in [0.15, 0.2) is 0 Å². The van der Waals surface area contributed by atoms with Crippen molar-refractivity contribution in [2.24, 2.45) is 5.92 Å².